The lowest BCUT2D eigenvalue weighted by molar-refractivity contribution is 0.659. The van der Waals surface area contributed by atoms with Gasteiger partial charge in [0.05, 0.1) is 5.03 Å². The first-order chi connectivity index (χ1) is 4.22. The molecule has 0 atom stereocenters. The second-order valence-electron chi connectivity index (χ2n) is 1.39. The fourth-order valence-corrected chi connectivity index (χ4v) is 0.740. The minimum atomic E-state index is -0.642. The molecule has 0 aromatic heterocycles. The Bertz CT molecular complexity index is 263. The molecular weight excluding hydrogens is 162 g/mol. The van der Waals surface area contributed by atoms with Gasteiger partial charge in [-0.15, -0.1) is 0 Å². The average molecular weight is 163 g/mol. The summed E-state index contributed by atoms with van der Waals surface area (Å²) in [6, 6.07) is 0. The summed E-state index contributed by atoms with van der Waals surface area (Å²) in [4.78, 5) is 0. The molecule has 0 radical (unpaired) electrons. The largest absolute Gasteiger partial charge is 0.203 e. The van der Waals surface area contributed by atoms with E-state index in [1.165, 1.54) is 6.08 Å². The fourth-order valence-electron chi connectivity index (χ4n) is 0.386. The van der Waals surface area contributed by atoms with Crippen LogP contribution in [0.1, 0.15) is 0 Å². The van der Waals surface area contributed by atoms with Crippen molar-refractivity contribution in [1.29, 1.82) is 0 Å². The highest BCUT2D eigenvalue weighted by Gasteiger charge is 2.06. The lowest BCUT2D eigenvalue weighted by Crippen LogP contribution is -1.77. The summed E-state index contributed by atoms with van der Waals surface area (Å²) < 4.78 is 12.4. The Hall–Kier alpha value is -0.450. The third kappa shape index (κ3) is 1.27. The SMILES string of the molecule is FC1=C(Cl)C=C=C=C1Cl. The number of hydrogen-bond donors (Lipinski definition) is 0. The van der Waals surface area contributed by atoms with E-state index in [4.69, 9.17) is 23.2 Å². The van der Waals surface area contributed by atoms with Gasteiger partial charge in [0.25, 0.3) is 0 Å². The molecule has 0 N–H and O–H groups in total. The molecule has 0 saturated heterocycles. The number of rotatable bonds is 0. The molecule has 0 aliphatic heterocycles. The molecular formula is C6HCl2F. The molecule has 9 heavy (non-hydrogen) atoms. The molecule has 0 bridgehead atoms. The van der Waals surface area contributed by atoms with Gasteiger partial charge in [-0.1, -0.05) is 28.9 Å². The second kappa shape index (κ2) is 2.43. The Labute approximate surface area is 61.6 Å². The topological polar surface area (TPSA) is 0 Å². The van der Waals surface area contributed by atoms with Gasteiger partial charge in [0, 0.05) is 6.08 Å². The molecule has 0 amide bonds. The van der Waals surface area contributed by atoms with Crippen molar-refractivity contribution in [2.24, 2.45) is 0 Å². The zero-order valence-corrected chi connectivity index (χ0v) is 5.72. The van der Waals surface area contributed by atoms with Crippen LogP contribution in [0.4, 0.5) is 4.39 Å². The average Bonchev–Trinajstić information content (AvgIpc) is 1.83. The quantitative estimate of drug-likeness (QED) is 0.481. The Kier molecular flexibility index (Phi) is 1.80. The van der Waals surface area contributed by atoms with Crippen LogP contribution in [0.3, 0.4) is 0 Å². The molecule has 0 unspecified atom stereocenters. The maximum Gasteiger partial charge on any atom is 0.169 e. The van der Waals surface area contributed by atoms with Gasteiger partial charge in [0.1, 0.15) is 5.03 Å². The van der Waals surface area contributed by atoms with Crippen LogP contribution in [0.15, 0.2) is 33.4 Å². The summed E-state index contributed by atoms with van der Waals surface area (Å²) in [5.41, 5.74) is 4.76. The Morgan fingerprint density at radius 1 is 1.44 bits per heavy atom. The van der Waals surface area contributed by atoms with Crippen LogP contribution in [-0.4, -0.2) is 0 Å². The van der Waals surface area contributed by atoms with Crippen molar-refractivity contribution in [3.63, 3.8) is 0 Å². The van der Waals surface area contributed by atoms with Crippen LogP contribution in [0.25, 0.3) is 0 Å². The first-order valence-electron chi connectivity index (χ1n) is 2.14. The lowest BCUT2D eigenvalue weighted by Gasteiger charge is -1.93. The van der Waals surface area contributed by atoms with E-state index >= 15 is 0 Å². The number of halogens is 3. The predicted molar refractivity (Wildman–Crippen MR) is 34.9 cm³/mol. The number of hydrogen-bond acceptors (Lipinski definition) is 0. The summed E-state index contributed by atoms with van der Waals surface area (Å²) in [6.07, 6.45) is 1.27. The molecule has 1 rings (SSSR count). The Balaban J connectivity index is 3.22. The Morgan fingerprint density at radius 2 is 2.11 bits per heavy atom. The number of allylic oxidation sites excluding steroid dienone is 4. The molecule has 0 aromatic rings. The standard InChI is InChI=1S/C6HCl2F/c7-4-2-1-3-5(8)6(4)9/h2H. The molecule has 0 fully saturated rings. The van der Waals surface area contributed by atoms with Gasteiger partial charge in [-0.3, -0.25) is 0 Å². The molecule has 0 heterocycles. The van der Waals surface area contributed by atoms with E-state index < -0.39 is 5.83 Å². The van der Waals surface area contributed by atoms with Gasteiger partial charge in [-0.05, 0) is 5.73 Å². The summed E-state index contributed by atoms with van der Waals surface area (Å²) in [7, 11) is 0. The molecule has 46 valence electrons. The van der Waals surface area contributed by atoms with Gasteiger partial charge in [-0.2, -0.15) is 0 Å². The van der Waals surface area contributed by atoms with Gasteiger partial charge in [0.2, 0.25) is 0 Å². The van der Waals surface area contributed by atoms with Crippen LogP contribution < -0.4 is 0 Å². The van der Waals surface area contributed by atoms with Gasteiger partial charge in [0.15, 0.2) is 5.83 Å². The van der Waals surface area contributed by atoms with Crippen LogP contribution in [0.5, 0.6) is 0 Å². The fraction of sp³-hybridized carbons (Fsp3) is 0. The first kappa shape index (κ1) is 6.67. The summed E-state index contributed by atoms with van der Waals surface area (Å²) in [5.74, 6) is -0.642. The highest BCUT2D eigenvalue weighted by atomic mass is 35.5. The van der Waals surface area contributed by atoms with Crippen molar-refractivity contribution in [3.8, 4) is 0 Å². The maximum atomic E-state index is 12.4. The van der Waals surface area contributed by atoms with E-state index in [0.717, 1.165) is 0 Å². The molecule has 0 saturated carbocycles. The predicted octanol–water partition coefficient (Wildman–Crippen LogP) is 2.85. The van der Waals surface area contributed by atoms with E-state index in [9.17, 15) is 4.39 Å². The molecule has 0 aromatic carbocycles. The maximum absolute atomic E-state index is 12.4. The lowest BCUT2D eigenvalue weighted by atomic mass is 10.3. The minimum absolute atomic E-state index is 0.0289. The smallest absolute Gasteiger partial charge is 0.169 e. The summed E-state index contributed by atoms with van der Waals surface area (Å²) in [6.45, 7) is 0. The molecule has 1 aliphatic carbocycles. The van der Waals surface area contributed by atoms with Gasteiger partial charge in [-0.25, -0.2) is 4.39 Å². The first-order valence-corrected chi connectivity index (χ1v) is 2.90. The zero-order chi connectivity index (χ0) is 6.85. The molecule has 1 aliphatic rings. The monoisotopic (exact) mass is 162 g/mol. The van der Waals surface area contributed by atoms with Crippen LogP contribution in [-0.2, 0) is 0 Å². The molecule has 0 nitrogen and oxygen atoms in total. The van der Waals surface area contributed by atoms with Gasteiger partial charge < -0.3 is 0 Å². The van der Waals surface area contributed by atoms with E-state index in [-0.39, 0.29) is 10.1 Å². The van der Waals surface area contributed by atoms with E-state index in [2.05, 4.69) is 11.5 Å². The van der Waals surface area contributed by atoms with Crippen LogP contribution in [0, 0.1) is 0 Å². The summed E-state index contributed by atoms with van der Waals surface area (Å²) >= 11 is 10.6. The van der Waals surface area contributed by atoms with Crippen molar-refractivity contribution in [2.75, 3.05) is 0 Å². The van der Waals surface area contributed by atoms with Gasteiger partial charge >= 0.3 is 0 Å². The van der Waals surface area contributed by atoms with Crippen molar-refractivity contribution in [2.45, 2.75) is 0 Å². The summed E-state index contributed by atoms with van der Waals surface area (Å²) in [5, 5.41) is -0.152. The third-order valence-corrected chi connectivity index (χ3v) is 1.32. The van der Waals surface area contributed by atoms with Crippen LogP contribution >= 0.6 is 23.2 Å². The highest BCUT2D eigenvalue weighted by molar-refractivity contribution is 6.36. The van der Waals surface area contributed by atoms with E-state index in [1.807, 2.05) is 0 Å². The van der Waals surface area contributed by atoms with Crippen molar-refractivity contribution >= 4 is 23.2 Å². The molecule has 0 spiro atoms. The van der Waals surface area contributed by atoms with Crippen molar-refractivity contribution in [1.82, 2.24) is 0 Å². The van der Waals surface area contributed by atoms with Crippen molar-refractivity contribution < 1.29 is 4.39 Å². The second-order valence-corrected chi connectivity index (χ2v) is 2.17. The van der Waals surface area contributed by atoms with E-state index in [1.54, 1.807) is 0 Å². The zero-order valence-electron chi connectivity index (χ0n) is 4.21. The third-order valence-electron chi connectivity index (χ3n) is 0.783. The Morgan fingerprint density at radius 3 is 2.56 bits per heavy atom. The molecule has 3 heteroatoms. The minimum Gasteiger partial charge on any atom is -0.203 e. The normalized spacial score (nSPS) is 16.6. The van der Waals surface area contributed by atoms with E-state index in [0.29, 0.717) is 0 Å². The van der Waals surface area contributed by atoms with Crippen LogP contribution in [0.2, 0.25) is 0 Å². The van der Waals surface area contributed by atoms with Crippen molar-refractivity contribution in [3.05, 3.63) is 33.4 Å². The highest BCUT2D eigenvalue weighted by Crippen LogP contribution is 2.23.